The Morgan fingerprint density at radius 3 is 2.67 bits per heavy atom. The molecule has 9 heteroatoms. The first-order valence-corrected chi connectivity index (χ1v) is 8.78. The smallest absolute Gasteiger partial charge is 0.355 e. The second-order valence-corrected chi connectivity index (χ2v) is 6.60. The normalized spacial score (nSPS) is 17.4. The van der Waals surface area contributed by atoms with E-state index in [9.17, 15) is 17.6 Å². The Labute approximate surface area is 154 Å². The number of rotatable bonds is 5. The summed E-state index contributed by atoms with van der Waals surface area (Å²) >= 11 is 0. The molecule has 1 aromatic carbocycles. The first-order valence-electron chi connectivity index (χ1n) is 8.78. The second-order valence-electron chi connectivity index (χ2n) is 6.60. The maximum absolute atomic E-state index is 13.5. The molecule has 0 amide bonds. The summed E-state index contributed by atoms with van der Waals surface area (Å²) in [6.45, 7) is 3.44. The first kappa shape index (κ1) is 19.3. The average molecular weight is 383 g/mol. The summed E-state index contributed by atoms with van der Waals surface area (Å²) in [5.74, 6) is -0.460. The quantitative estimate of drug-likeness (QED) is 0.768. The molecule has 1 aromatic heterocycles. The third-order valence-corrected chi connectivity index (χ3v) is 4.35. The molecular formula is C18H21F4N5. The van der Waals surface area contributed by atoms with Gasteiger partial charge < -0.3 is 16.0 Å². The summed E-state index contributed by atoms with van der Waals surface area (Å²) < 4.78 is 52.2. The van der Waals surface area contributed by atoms with Gasteiger partial charge in [-0.15, -0.1) is 0 Å². The van der Waals surface area contributed by atoms with Crippen molar-refractivity contribution in [2.75, 3.05) is 23.3 Å². The van der Waals surface area contributed by atoms with Gasteiger partial charge in [0, 0.05) is 36.6 Å². The molecule has 3 rings (SSSR count). The summed E-state index contributed by atoms with van der Waals surface area (Å²) in [4.78, 5) is 10.8. The number of nitrogens with two attached hydrogens (primary N) is 1. The molecule has 2 heterocycles. The lowest BCUT2D eigenvalue weighted by atomic mass is 10.2. The van der Waals surface area contributed by atoms with Crippen molar-refractivity contribution in [1.29, 1.82) is 0 Å². The minimum atomic E-state index is -4.77. The zero-order chi connectivity index (χ0) is 19.6. The van der Waals surface area contributed by atoms with Gasteiger partial charge >= 0.3 is 6.18 Å². The van der Waals surface area contributed by atoms with Crippen molar-refractivity contribution < 1.29 is 17.6 Å². The molecule has 0 bridgehead atoms. The van der Waals surface area contributed by atoms with Gasteiger partial charge in [-0.2, -0.15) is 18.2 Å². The molecule has 2 aromatic rings. The molecule has 0 radical (unpaired) electrons. The molecule has 1 aliphatic rings. The van der Waals surface area contributed by atoms with E-state index < -0.39 is 17.6 Å². The molecular weight excluding hydrogens is 362 g/mol. The Kier molecular flexibility index (Phi) is 5.50. The van der Waals surface area contributed by atoms with Crippen molar-refractivity contribution in [3.63, 3.8) is 0 Å². The van der Waals surface area contributed by atoms with Crippen LogP contribution in [0.15, 0.2) is 24.3 Å². The predicted octanol–water partition coefficient (Wildman–Crippen LogP) is 3.87. The minimum absolute atomic E-state index is 0.0671. The van der Waals surface area contributed by atoms with Crippen LogP contribution in [-0.2, 0) is 12.6 Å². The Balaban J connectivity index is 1.91. The highest BCUT2D eigenvalue weighted by atomic mass is 19.4. The summed E-state index contributed by atoms with van der Waals surface area (Å²) in [6.07, 6.45) is -2.35. The van der Waals surface area contributed by atoms with E-state index in [0.29, 0.717) is 18.8 Å². The third-order valence-electron chi connectivity index (χ3n) is 4.35. The van der Waals surface area contributed by atoms with Crippen LogP contribution in [0.5, 0.6) is 0 Å². The number of nitrogens with one attached hydrogen (secondary N) is 1. The van der Waals surface area contributed by atoms with Crippen LogP contribution in [0.1, 0.15) is 31.0 Å². The van der Waals surface area contributed by atoms with Crippen molar-refractivity contribution >= 4 is 17.5 Å². The fraction of sp³-hybridized carbons (Fsp3) is 0.444. The van der Waals surface area contributed by atoms with Crippen LogP contribution >= 0.6 is 0 Å². The van der Waals surface area contributed by atoms with Gasteiger partial charge in [0.05, 0.1) is 5.56 Å². The van der Waals surface area contributed by atoms with Gasteiger partial charge in [-0.05, 0) is 31.0 Å². The van der Waals surface area contributed by atoms with Crippen molar-refractivity contribution in [3.05, 3.63) is 41.3 Å². The van der Waals surface area contributed by atoms with Crippen molar-refractivity contribution in [1.82, 2.24) is 9.97 Å². The highest BCUT2D eigenvalue weighted by molar-refractivity contribution is 5.57. The Morgan fingerprint density at radius 1 is 1.26 bits per heavy atom. The molecule has 5 nitrogen and oxygen atoms in total. The maximum Gasteiger partial charge on any atom is 0.419 e. The number of alkyl halides is 3. The fourth-order valence-electron chi connectivity index (χ4n) is 3.03. The van der Waals surface area contributed by atoms with E-state index >= 15 is 0 Å². The topological polar surface area (TPSA) is 67.1 Å². The first-order chi connectivity index (χ1) is 12.8. The van der Waals surface area contributed by atoms with E-state index in [4.69, 9.17) is 5.73 Å². The van der Waals surface area contributed by atoms with Crippen LogP contribution in [0.2, 0.25) is 0 Å². The highest BCUT2D eigenvalue weighted by Gasteiger charge is 2.34. The van der Waals surface area contributed by atoms with Crippen LogP contribution in [0.3, 0.4) is 0 Å². The molecule has 1 aliphatic heterocycles. The molecule has 27 heavy (non-hydrogen) atoms. The summed E-state index contributed by atoms with van der Waals surface area (Å²) in [5, 5.41) is 2.77. The Morgan fingerprint density at radius 2 is 2.04 bits per heavy atom. The van der Waals surface area contributed by atoms with E-state index in [0.717, 1.165) is 37.2 Å². The van der Waals surface area contributed by atoms with Gasteiger partial charge in [0.1, 0.15) is 11.6 Å². The van der Waals surface area contributed by atoms with Crippen molar-refractivity contribution in [2.45, 2.75) is 38.4 Å². The Bertz CT molecular complexity index is 809. The fourth-order valence-corrected chi connectivity index (χ4v) is 3.03. The molecule has 0 unspecified atom stereocenters. The highest BCUT2D eigenvalue weighted by Crippen LogP contribution is 2.33. The van der Waals surface area contributed by atoms with E-state index in [1.165, 1.54) is 6.07 Å². The van der Waals surface area contributed by atoms with Gasteiger partial charge in [0.15, 0.2) is 0 Å². The molecule has 0 spiro atoms. The van der Waals surface area contributed by atoms with E-state index in [1.54, 1.807) is 0 Å². The molecule has 1 fully saturated rings. The number of aryl methyl sites for hydroxylation is 1. The number of hydrogen-bond donors (Lipinski definition) is 2. The van der Waals surface area contributed by atoms with Crippen LogP contribution in [-0.4, -0.2) is 29.1 Å². The largest absolute Gasteiger partial charge is 0.419 e. The molecule has 1 atom stereocenters. The van der Waals surface area contributed by atoms with Crippen LogP contribution < -0.4 is 16.0 Å². The van der Waals surface area contributed by atoms with E-state index in [1.807, 2.05) is 17.9 Å². The maximum atomic E-state index is 13.5. The molecule has 146 valence electrons. The summed E-state index contributed by atoms with van der Waals surface area (Å²) in [7, 11) is 0. The SMILES string of the molecule is CCCc1cc(N2CC[C@H](N)C2)nc(Nc2ccc(F)c(C(F)(F)F)c2)n1. The van der Waals surface area contributed by atoms with Crippen LogP contribution in [0.4, 0.5) is 35.0 Å². The number of halogens is 4. The number of nitrogens with zero attached hydrogens (tertiary/aromatic N) is 3. The third kappa shape index (κ3) is 4.65. The predicted molar refractivity (Wildman–Crippen MR) is 95.5 cm³/mol. The Hall–Kier alpha value is -2.42. The molecule has 1 saturated heterocycles. The molecule has 0 saturated carbocycles. The van der Waals surface area contributed by atoms with Gasteiger partial charge in [-0.1, -0.05) is 13.3 Å². The van der Waals surface area contributed by atoms with Gasteiger partial charge in [-0.3, -0.25) is 0 Å². The average Bonchev–Trinajstić information content (AvgIpc) is 3.02. The lowest BCUT2D eigenvalue weighted by molar-refractivity contribution is -0.139. The van der Waals surface area contributed by atoms with Crippen molar-refractivity contribution in [3.8, 4) is 0 Å². The monoisotopic (exact) mass is 383 g/mol. The number of hydrogen-bond acceptors (Lipinski definition) is 5. The lowest BCUT2D eigenvalue weighted by Crippen LogP contribution is -2.27. The van der Waals surface area contributed by atoms with E-state index in [-0.39, 0.29) is 17.7 Å². The zero-order valence-corrected chi connectivity index (χ0v) is 14.9. The standard InChI is InChI=1S/C18H21F4N5/c1-2-3-12-9-16(27-7-6-11(23)10-27)26-17(24-12)25-13-4-5-15(19)14(8-13)18(20,21)22/h4-5,8-9,11H,2-3,6-7,10,23H2,1H3,(H,24,25,26)/t11-/m0/s1. The number of aromatic nitrogens is 2. The minimum Gasteiger partial charge on any atom is -0.355 e. The van der Waals surface area contributed by atoms with Gasteiger partial charge in [-0.25, -0.2) is 9.37 Å². The van der Waals surface area contributed by atoms with Crippen LogP contribution in [0, 0.1) is 5.82 Å². The van der Waals surface area contributed by atoms with Crippen LogP contribution in [0.25, 0.3) is 0 Å². The second kappa shape index (κ2) is 7.67. The van der Waals surface area contributed by atoms with Crippen molar-refractivity contribution in [2.24, 2.45) is 5.73 Å². The van der Waals surface area contributed by atoms with Gasteiger partial charge in [0.2, 0.25) is 5.95 Å². The zero-order valence-electron chi connectivity index (χ0n) is 14.9. The molecule has 0 aliphatic carbocycles. The number of benzene rings is 1. The molecule has 3 N–H and O–H groups in total. The van der Waals surface area contributed by atoms with E-state index in [2.05, 4.69) is 15.3 Å². The lowest BCUT2D eigenvalue weighted by Gasteiger charge is -2.19. The summed E-state index contributed by atoms with van der Waals surface area (Å²) in [6, 6.07) is 4.67. The van der Waals surface area contributed by atoms with Gasteiger partial charge in [0.25, 0.3) is 0 Å². The number of anilines is 3. The summed E-state index contributed by atoms with van der Waals surface area (Å²) in [5.41, 5.74) is 5.47.